The number of aromatic carboxylic acids is 1. The number of hydrogen-bond donors (Lipinski definition) is 1. The van der Waals surface area contributed by atoms with Gasteiger partial charge in [-0.25, -0.2) is 9.18 Å². The summed E-state index contributed by atoms with van der Waals surface area (Å²) in [4.78, 5) is 13.1. The minimum absolute atomic E-state index is 0.0553. The maximum Gasteiger partial charge on any atom is 0.337 e. The predicted octanol–water partition coefficient (Wildman–Crippen LogP) is 3.54. The highest BCUT2D eigenvalue weighted by atomic mass is 19.1. The first-order chi connectivity index (χ1) is 8.91. The fourth-order valence-electron chi connectivity index (χ4n) is 2.66. The standard InChI is InChI=1S/C15H20FNO2/c1-15(2)7-4-9-17(10-8-15)13-11(14(18)19)5-3-6-12(13)16/h3,5-6H,4,7-10H2,1-2H3,(H,18,19). The van der Waals surface area contributed by atoms with Crippen molar-refractivity contribution in [1.82, 2.24) is 0 Å². The fraction of sp³-hybridized carbons (Fsp3) is 0.533. The second-order valence-electron chi connectivity index (χ2n) is 5.95. The highest BCUT2D eigenvalue weighted by Gasteiger charge is 2.26. The first-order valence-electron chi connectivity index (χ1n) is 6.67. The van der Waals surface area contributed by atoms with Gasteiger partial charge >= 0.3 is 5.97 Å². The number of anilines is 1. The maximum atomic E-state index is 14.0. The summed E-state index contributed by atoms with van der Waals surface area (Å²) in [5.41, 5.74) is 0.538. The van der Waals surface area contributed by atoms with Crippen molar-refractivity contribution in [1.29, 1.82) is 0 Å². The molecule has 4 heteroatoms. The van der Waals surface area contributed by atoms with Crippen molar-refractivity contribution in [2.45, 2.75) is 33.1 Å². The van der Waals surface area contributed by atoms with Crippen LogP contribution >= 0.6 is 0 Å². The molecule has 1 aliphatic heterocycles. The van der Waals surface area contributed by atoms with Gasteiger partial charge in [0.25, 0.3) is 0 Å². The van der Waals surface area contributed by atoms with Gasteiger partial charge in [0, 0.05) is 13.1 Å². The topological polar surface area (TPSA) is 40.5 Å². The summed E-state index contributed by atoms with van der Waals surface area (Å²) < 4.78 is 14.0. The van der Waals surface area contributed by atoms with Crippen LogP contribution in [-0.4, -0.2) is 24.2 Å². The van der Waals surface area contributed by atoms with Crippen molar-refractivity contribution in [2.75, 3.05) is 18.0 Å². The van der Waals surface area contributed by atoms with Crippen molar-refractivity contribution in [2.24, 2.45) is 5.41 Å². The van der Waals surface area contributed by atoms with E-state index in [4.69, 9.17) is 0 Å². The number of rotatable bonds is 2. The second kappa shape index (κ2) is 5.19. The van der Waals surface area contributed by atoms with E-state index in [2.05, 4.69) is 13.8 Å². The molecular weight excluding hydrogens is 245 g/mol. The Morgan fingerprint density at radius 1 is 1.32 bits per heavy atom. The molecule has 0 radical (unpaired) electrons. The Labute approximate surface area is 113 Å². The van der Waals surface area contributed by atoms with Gasteiger partial charge in [0.15, 0.2) is 0 Å². The van der Waals surface area contributed by atoms with Crippen LogP contribution in [0.5, 0.6) is 0 Å². The molecule has 104 valence electrons. The summed E-state index contributed by atoms with van der Waals surface area (Å²) >= 11 is 0. The lowest BCUT2D eigenvalue weighted by molar-refractivity contribution is 0.0697. The number of carboxylic acid groups (broad SMARTS) is 1. The van der Waals surface area contributed by atoms with Crippen molar-refractivity contribution in [3.63, 3.8) is 0 Å². The SMILES string of the molecule is CC1(C)CCCN(c2c(F)cccc2C(=O)O)CC1. The van der Waals surface area contributed by atoms with Gasteiger partial charge in [-0.3, -0.25) is 0 Å². The molecule has 0 saturated carbocycles. The van der Waals surface area contributed by atoms with Crippen molar-refractivity contribution in [3.8, 4) is 0 Å². The highest BCUT2D eigenvalue weighted by molar-refractivity contribution is 5.94. The average Bonchev–Trinajstić information content (AvgIpc) is 2.50. The van der Waals surface area contributed by atoms with Crippen LogP contribution < -0.4 is 4.90 Å². The molecule has 1 aromatic carbocycles. The Kier molecular flexibility index (Phi) is 3.78. The molecule has 1 N–H and O–H groups in total. The molecule has 1 saturated heterocycles. The zero-order chi connectivity index (χ0) is 14.0. The fourth-order valence-corrected chi connectivity index (χ4v) is 2.66. The van der Waals surface area contributed by atoms with E-state index >= 15 is 0 Å². The Morgan fingerprint density at radius 3 is 2.74 bits per heavy atom. The third-order valence-corrected chi connectivity index (χ3v) is 3.87. The minimum Gasteiger partial charge on any atom is -0.478 e. The molecule has 1 heterocycles. The van der Waals surface area contributed by atoms with Gasteiger partial charge in [0.05, 0.1) is 11.3 Å². The van der Waals surface area contributed by atoms with Crippen LogP contribution in [0.4, 0.5) is 10.1 Å². The molecule has 0 amide bonds. The Hall–Kier alpha value is -1.58. The molecule has 1 aliphatic rings. The second-order valence-corrected chi connectivity index (χ2v) is 5.95. The van der Waals surface area contributed by atoms with Crippen LogP contribution in [-0.2, 0) is 0 Å². The minimum atomic E-state index is -1.07. The highest BCUT2D eigenvalue weighted by Crippen LogP contribution is 2.33. The lowest BCUT2D eigenvalue weighted by Crippen LogP contribution is -2.28. The molecule has 0 bridgehead atoms. The first kappa shape index (κ1) is 13.8. The first-order valence-corrected chi connectivity index (χ1v) is 6.67. The zero-order valence-corrected chi connectivity index (χ0v) is 11.4. The zero-order valence-electron chi connectivity index (χ0n) is 11.4. The third-order valence-electron chi connectivity index (χ3n) is 3.87. The number of benzene rings is 1. The maximum absolute atomic E-state index is 14.0. The number of halogens is 1. The van der Waals surface area contributed by atoms with E-state index in [0.717, 1.165) is 19.3 Å². The number of hydrogen-bond acceptors (Lipinski definition) is 2. The number of carboxylic acids is 1. The van der Waals surface area contributed by atoms with E-state index in [-0.39, 0.29) is 16.7 Å². The Balaban J connectivity index is 2.33. The molecule has 0 aliphatic carbocycles. The van der Waals surface area contributed by atoms with Gasteiger partial charge < -0.3 is 10.0 Å². The van der Waals surface area contributed by atoms with Gasteiger partial charge in [0.2, 0.25) is 0 Å². The number of carbonyl (C=O) groups is 1. The molecule has 1 fully saturated rings. The van der Waals surface area contributed by atoms with Crippen molar-refractivity contribution < 1.29 is 14.3 Å². The summed E-state index contributed by atoms with van der Waals surface area (Å²) in [6, 6.07) is 4.25. The van der Waals surface area contributed by atoms with E-state index < -0.39 is 11.8 Å². The Bertz CT molecular complexity index is 485. The largest absolute Gasteiger partial charge is 0.478 e. The van der Waals surface area contributed by atoms with E-state index in [9.17, 15) is 14.3 Å². The van der Waals surface area contributed by atoms with E-state index in [1.54, 1.807) is 0 Å². The normalized spacial score (nSPS) is 19.0. The van der Waals surface area contributed by atoms with Crippen molar-refractivity contribution >= 4 is 11.7 Å². The van der Waals surface area contributed by atoms with Gasteiger partial charge in [-0.05, 0) is 36.8 Å². The van der Waals surface area contributed by atoms with E-state index in [1.807, 2.05) is 4.90 Å². The molecule has 0 aromatic heterocycles. The predicted molar refractivity (Wildman–Crippen MR) is 73.2 cm³/mol. The summed E-state index contributed by atoms with van der Waals surface area (Å²) in [5.74, 6) is -1.52. The van der Waals surface area contributed by atoms with Crippen LogP contribution in [0.3, 0.4) is 0 Å². The smallest absolute Gasteiger partial charge is 0.337 e. The summed E-state index contributed by atoms with van der Waals surface area (Å²) in [6.45, 7) is 5.82. The molecular formula is C15H20FNO2. The van der Waals surface area contributed by atoms with Crippen LogP contribution in [0.15, 0.2) is 18.2 Å². The summed E-state index contributed by atoms with van der Waals surface area (Å²) in [6.07, 6.45) is 2.99. The lowest BCUT2D eigenvalue weighted by Gasteiger charge is -2.26. The number of para-hydroxylation sites is 1. The van der Waals surface area contributed by atoms with Crippen molar-refractivity contribution in [3.05, 3.63) is 29.6 Å². The molecule has 3 nitrogen and oxygen atoms in total. The lowest BCUT2D eigenvalue weighted by atomic mass is 9.85. The van der Waals surface area contributed by atoms with Crippen LogP contribution in [0.25, 0.3) is 0 Å². The van der Waals surface area contributed by atoms with Crippen LogP contribution in [0.2, 0.25) is 0 Å². The molecule has 19 heavy (non-hydrogen) atoms. The van der Waals surface area contributed by atoms with E-state index in [0.29, 0.717) is 13.1 Å². The van der Waals surface area contributed by atoms with E-state index in [1.165, 1.54) is 18.2 Å². The quantitative estimate of drug-likeness (QED) is 0.889. The summed E-state index contributed by atoms with van der Waals surface area (Å²) in [5, 5.41) is 9.20. The molecule has 0 atom stereocenters. The van der Waals surface area contributed by atoms with Crippen LogP contribution in [0.1, 0.15) is 43.5 Å². The summed E-state index contributed by atoms with van der Waals surface area (Å²) in [7, 11) is 0. The monoisotopic (exact) mass is 265 g/mol. The van der Waals surface area contributed by atoms with Gasteiger partial charge in [0.1, 0.15) is 5.82 Å². The van der Waals surface area contributed by atoms with Crippen LogP contribution in [0, 0.1) is 11.2 Å². The van der Waals surface area contributed by atoms with Gasteiger partial charge in [-0.1, -0.05) is 19.9 Å². The molecule has 1 aromatic rings. The van der Waals surface area contributed by atoms with Gasteiger partial charge in [-0.2, -0.15) is 0 Å². The average molecular weight is 265 g/mol. The molecule has 0 unspecified atom stereocenters. The number of nitrogens with zero attached hydrogens (tertiary/aromatic N) is 1. The molecule has 2 rings (SSSR count). The molecule has 0 spiro atoms. The van der Waals surface area contributed by atoms with Gasteiger partial charge in [-0.15, -0.1) is 0 Å². The Morgan fingerprint density at radius 2 is 2.05 bits per heavy atom. The third kappa shape index (κ3) is 3.06.